The molecule has 1 unspecified atom stereocenters. The number of amides is 1. The van der Waals surface area contributed by atoms with E-state index in [1.165, 1.54) is 5.56 Å². The van der Waals surface area contributed by atoms with Gasteiger partial charge in [-0.2, -0.15) is 0 Å². The maximum Gasteiger partial charge on any atom is 0.268 e. The number of aliphatic hydroxyl groups is 1. The quantitative estimate of drug-likeness (QED) is 0.761. The molecule has 0 aliphatic rings. The second-order valence-corrected chi connectivity index (χ2v) is 5.77. The number of hydrogen-bond donors (Lipinski definition) is 2. The minimum atomic E-state index is -0.582. The molecule has 5 heteroatoms. The van der Waals surface area contributed by atoms with Gasteiger partial charge in [-0.15, -0.1) is 0 Å². The van der Waals surface area contributed by atoms with Gasteiger partial charge in [0.25, 0.3) is 5.91 Å². The summed E-state index contributed by atoms with van der Waals surface area (Å²) in [5, 5.41) is 12.1. The number of hydrogen-bond acceptors (Lipinski definition) is 3. The number of rotatable bonds is 5. The van der Waals surface area contributed by atoms with Crippen molar-refractivity contribution in [3.8, 4) is 0 Å². The first-order chi connectivity index (χ1) is 11.1. The summed E-state index contributed by atoms with van der Waals surface area (Å²) in [6.07, 6.45) is 1.04. The predicted octanol–water partition coefficient (Wildman–Crippen LogP) is 2.70. The predicted molar refractivity (Wildman–Crippen MR) is 88.5 cm³/mol. The zero-order chi connectivity index (χ0) is 16.4. The Balaban J connectivity index is 1.97. The lowest BCUT2D eigenvalue weighted by molar-refractivity contribution is 0.0915. The molecule has 0 spiro atoms. The molecular weight excluding hydrogens is 292 g/mol. The van der Waals surface area contributed by atoms with Crippen LogP contribution in [0.3, 0.4) is 0 Å². The van der Waals surface area contributed by atoms with Crippen LogP contribution in [0, 0.1) is 6.92 Å². The largest absolute Gasteiger partial charge is 0.463 e. The zero-order valence-electron chi connectivity index (χ0n) is 13.2. The van der Waals surface area contributed by atoms with E-state index in [1.807, 2.05) is 22.8 Å². The first kappa shape index (κ1) is 15.4. The smallest absolute Gasteiger partial charge is 0.268 e. The number of fused-ring (bicyclic) bond motifs is 1. The van der Waals surface area contributed by atoms with E-state index in [-0.39, 0.29) is 12.5 Å². The van der Waals surface area contributed by atoms with Gasteiger partial charge in [0.1, 0.15) is 5.69 Å². The van der Waals surface area contributed by atoms with E-state index in [9.17, 15) is 9.90 Å². The summed E-state index contributed by atoms with van der Waals surface area (Å²) in [7, 11) is 0. The lowest BCUT2D eigenvalue weighted by Crippen LogP contribution is -2.32. The standard InChI is InChI=1S/C18H20N2O3/c1-12-5-3-4-6-14(12)11-20-15-7-8-23-17(15)9-16(20)18(22)19-10-13(2)21/h3-9,13,21H,10-11H2,1-2H3,(H,19,22). The summed E-state index contributed by atoms with van der Waals surface area (Å²) in [5.41, 5.74) is 4.42. The Kier molecular flexibility index (Phi) is 4.21. The molecular formula is C18H20N2O3. The van der Waals surface area contributed by atoms with Crippen LogP contribution in [0.5, 0.6) is 0 Å². The minimum Gasteiger partial charge on any atom is -0.463 e. The number of carbonyl (C=O) groups excluding carboxylic acids is 1. The average molecular weight is 312 g/mol. The van der Waals surface area contributed by atoms with Gasteiger partial charge in [0.2, 0.25) is 0 Å². The summed E-state index contributed by atoms with van der Waals surface area (Å²) >= 11 is 0. The number of nitrogens with zero attached hydrogens (tertiary/aromatic N) is 1. The first-order valence-corrected chi connectivity index (χ1v) is 7.64. The third kappa shape index (κ3) is 3.14. The minimum absolute atomic E-state index is 0.217. The molecule has 3 rings (SSSR count). The summed E-state index contributed by atoms with van der Waals surface area (Å²) in [6.45, 7) is 4.50. The van der Waals surface area contributed by atoms with Gasteiger partial charge >= 0.3 is 0 Å². The van der Waals surface area contributed by atoms with Crippen molar-refractivity contribution >= 4 is 17.0 Å². The Labute approximate surface area is 134 Å². The number of benzene rings is 1. The van der Waals surface area contributed by atoms with Crippen molar-refractivity contribution in [1.29, 1.82) is 0 Å². The number of nitrogens with one attached hydrogen (secondary N) is 1. The van der Waals surface area contributed by atoms with Crippen molar-refractivity contribution in [3.63, 3.8) is 0 Å². The molecule has 3 aromatic rings. The van der Waals surface area contributed by atoms with Crippen molar-refractivity contribution in [2.75, 3.05) is 6.54 Å². The molecule has 0 aliphatic carbocycles. The Morgan fingerprint density at radius 3 is 2.87 bits per heavy atom. The van der Waals surface area contributed by atoms with E-state index >= 15 is 0 Å². The van der Waals surface area contributed by atoms with Gasteiger partial charge in [-0.05, 0) is 25.0 Å². The van der Waals surface area contributed by atoms with Gasteiger partial charge in [-0.1, -0.05) is 24.3 Å². The van der Waals surface area contributed by atoms with Gasteiger partial charge in [0, 0.05) is 25.2 Å². The van der Waals surface area contributed by atoms with E-state index in [2.05, 4.69) is 24.4 Å². The third-order valence-electron chi connectivity index (χ3n) is 3.90. The highest BCUT2D eigenvalue weighted by Crippen LogP contribution is 2.23. The van der Waals surface area contributed by atoms with E-state index in [1.54, 1.807) is 19.3 Å². The second-order valence-electron chi connectivity index (χ2n) is 5.77. The molecule has 0 bridgehead atoms. The maximum absolute atomic E-state index is 12.4. The highest BCUT2D eigenvalue weighted by molar-refractivity contribution is 5.97. The van der Waals surface area contributed by atoms with Gasteiger partial charge in [-0.25, -0.2) is 0 Å². The molecule has 2 N–H and O–H groups in total. The van der Waals surface area contributed by atoms with Crippen molar-refractivity contribution in [1.82, 2.24) is 9.88 Å². The lowest BCUT2D eigenvalue weighted by atomic mass is 10.1. The number of aliphatic hydroxyl groups excluding tert-OH is 1. The molecule has 23 heavy (non-hydrogen) atoms. The highest BCUT2D eigenvalue weighted by atomic mass is 16.3. The molecule has 0 radical (unpaired) electrons. The topological polar surface area (TPSA) is 67.4 Å². The van der Waals surface area contributed by atoms with Crippen LogP contribution >= 0.6 is 0 Å². The molecule has 0 saturated heterocycles. The van der Waals surface area contributed by atoms with E-state index in [0.717, 1.165) is 11.1 Å². The van der Waals surface area contributed by atoms with Crippen molar-refractivity contribution < 1.29 is 14.3 Å². The molecule has 0 fully saturated rings. The molecule has 0 aliphatic heterocycles. The highest BCUT2D eigenvalue weighted by Gasteiger charge is 2.18. The number of aromatic nitrogens is 1. The molecule has 1 atom stereocenters. The first-order valence-electron chi connectivity index (χ1n) is 7.64. The molecule has 1 aromatic carbocycles. The van der Waals surface area contributed by atoms with Crippen LogP contribution in [0.15, 0.2) is 47.1 Å². The van der Waals surface area contributed by atoms with Gasteiger partial charge in [0.15, 0.2) is 5.58 Å². The van der Waals surface area contributed by atoms with Crippen LogP contribution in [-0.2, 0) is 6.54 Å². The summed E-state index contributed by atoms with van der Waals surface area (Å²) in [4.78, 5) is 12.4. The number of carbonyl (C=O) groups is 1. The molecule has 0 saturated carbocycles. The summed E-state index contributed by atoms with van der Waals surface area (Å²) < 4.78 is 7.38. The fourth-order valence-electron chi connectivity index (χ4n) is 2.62. The Hall–Kier alpha value is -2.53. The van der Waals surface area contributed by atoms with E-state index in [4.69, 9.17) is 4.42 Å². The molecule has 2 aromatic heterocycles. The van der Waals surface area contributed by atoms with E-state index < -0.39 is 6.10 Å². The zero-order valence-corrected chi connectivity index (χ0v) is 13.2. The van der Waals surface area contributed by atoms with Crippen molar-refractivity contribution in [2.24, 2.45) is 0 Å². The average Bonchev–Trinajstić information content (AvgIpc) is 3.09. The van der Waals surface area contributed by atoms with Crippen LogP contribution in [0.1, 0.15) is 28.5 Å². The van der Waals surface area contributed by atoms with Crippen molar-refractivity contribution in [2.45, 2.75) is 26.5 Å². The van der Waals surface area contributed by atoms with Crippen LogP contribution in [0.25, 0.3) is 11.1 Å². The lowest BCUT2D eigenvalue weighted by Gasteiger charge is -2.13. The van der Waals surface area contributed by atoms with Gasteiger partial charge < -0.3 is 19.4 Å². The summed E-state index contributed by atoms with van der Waals surface area (Å²) in [5.74, 6) is -0.217. The fraction of sp³-hybridized carbons (Fsp3) is 0.278. The van der Waals surface area contributed by atoms with Crippen LogP contribution in [-0.4, -0.2) is 28.2 Å². The maximum atomic E-state index is 12.4. The molecule has 120 valence electrons. The number of furan rings is 1. The monoisotopic (exact) mass is 312 g/mol. The second kappa shape index (κ2) is 6.30. The Bertz CT molecular complexity index is 830. The fourth-order valence-corrected chi connectivity index (χ4v) is 2.62. The molecule has 5 nitrogen and oxygen atoms in total. The van der Waals surface area contributed by atoms with Gasteiger partial charge in [0.05, 0.1) is 17.9 Å². The van der Waals surface area contributed by atoms with E-state index in [0.29, 0.717) is 17.8 Å². The summed E-state index contributed by atoms with van der Waals surface area (Å²) in [6, 6.07) is 11.7. The molecule has 2 heterocycles. The van der Waals surface area contributed by atoms with Gasteiger partial charge in [-0.3, -0.25) is 4.79 Å². The normalized spacial score (nSPS) is 12.5. The Morgan fingerprint density at radius 2 is 2.13 bits per heavy atom. The molecule has 1 amide bonds. The Morgan fingerprint density at radius 1 is 1.35 bits per heavy atom. The third-order valence-corrected chi connectivity index (χ3v) is 3.90. The van der Waals surface area contributed by atoms with Crippen LogP contribution in [0.4, 0.5) is 0 Å². The van der Waals surface area contributed by atoms with Crippen molar-refractivity contribution in [3.05, 3.63) is 59.5 Å². The van der Waals surface area contributed by atoms with Crippen LogP contribution in [0.2, 0.25) is 0 Å². The SMILES string of the molecule is Cc1ccccc1Cn1c(C(=O)NCC(C)O)cc2occc21. The number of aryl methyl sites for hydroxylation is 1. The van der Waals surface area contributed by atoms with Crippen LogP contribution < -0.4 is 5.32 Å².